The molecule has 2 aromatic carbocycles. The summed E-state index contributed by atoms with van der Waals surface area (Å²) < 4.78 is 5.07. The van der Waals surface area contributed by atoms with Gasteiger partial charge in [-0.2, -0.15) is 5.21 Å². The highest BCUT2D eigenvalue weighted by Crippen LogP contribution is 2.31. The van der Waals surface area contributed by atoms with Crippen LogP contribution in [0.25, 0.3) is 22.5 Å². The average molecular weight is 326 g/mol. The predicted octanol–water partition coefficient (Wildman–Crippen LogP) is 3.66. The Hall–Kier alpha value is -2.18. The van der Waals surface area contributed by atoms with E-state index in [4.69, 9.17) is 4.74 Å². The highest BCUT2D eigenvalue weighted by Gasteiger charge is 2.10. The van der Waals surface area contributed by atoms with Crippen LogP contribution in [0.3, 0.4) is 0 Å². The highest BCUT2D eigenvalue weighted by molar-refractivity contribution is 7.99. The van der Waals surface area contributed by atoms with E-state index in [0.717, 1.165) is 35.5 Å². The second-order valence-corrected chi connectivity index (χ2v) is 6.17. The Morgan fingerprint density at radius 1 is 1.04 bits per heavy atom. The summed E-state index contributed by atoms with van der Waals surface area (Å²) in [6.07, 6.45) is 1.06. The minimum Gasteiger partial charge on any atom is -0.385 e. The minimum absolute atomic E-state index is 0.610. The number of aromatic nitrogens is 4. The number of ether oxygens (including phenoxy) is 1. The third-order valence-corrected chi connectivity index (χ3v) is 4.54. The summed E-state index contributed by atoms with van der Waals surface area (Å²) in [7, 11) is 1.74. The molecule has 0 fully saturated rings. The normalized spacial score (nSPS) is 10.8. The maximum atomic E-state index is 5.07. The van der Waals surface area contributed by atoms with Crippen LogP contribution in [-0.2, 0) is 4.74 Å². The third-order valence-electron chi connectivity index (χ3n) is 3.44. The summed E-state index contributed by atoms with van der Waals surface area (Å²) >= 11 is 1.85. The number of nitrogens with one attached hydrogen (secondary N) is 1. The topological polar surface area (TPSA) is 63.7 Å². The highest BCUT2D eigenvalue weighted by atomic mass is 32.2. The van der Waals surface area contributed by atoms with Crippen LogP contribution in [0.1, 0.15) is 6.42 Å². The first-order valence-corrected chi connectivity index (χ1v) is 8.42. The third kappa shape index (κ3) is 3.97. The Morgan fingerprint density at radius 2 is 1.83 bits per heavy atom. The fraction of sp³-hybridized carbons (Fsp3) is 0.235. The van der Waals surface area contributed by atoms with E-state index < -0.39 is 0 Å². The van der Waals surface area contributed by atoms with Gasteiger partial charge in [0.25, 0.3) is 0 Å². The van der Waals surface area contributed by atoms with Crippen LogP contribution < -0.4 is 0 Å². The molecule has 0 spiro atoms. The maximum Gasteiger partial charge on any atom is 0.205 e. The fourth-order valence-electron chi connectivity index (χ4n) is 2.33. The van der Waals surface area contributed by atoms with E-state index in [1.54, 1.807) is 7.11 Å². The zero-order valence-electron chi connectivity index (χ0n) is 12.9. The van der Waals surface area contributed by atoms with E-state index >= 15 is 0 Å². The Balaban J connectivity index is 1.78. The summed E-state index contributed by atoms with van der Waals surface area (Å²) in [5.41, 5.74) is 3.22. The molecule has 0 unspecified atom stereocenters. The second-order valence-electron chi connectivity index (χ2n) is 5.00. The summed E-state index contributed by atoms with van der Waals surface area (Å²) in [5.74, 6) is 1.67. The number of hydrogen-bond donors (Lipinski definition) is 1. The summed E-state index contributed by atoms with van der Waals surface area (Å²) in [5, 5.41) is 14.3. The molecule has 0 saturated heterocycles. The van der Waals surface area contributed by atoms with Crippen molar-refractivity contribution >= 4 is 11.8 Å². The number of methoxy groups -OCH3 is 1. The van der Waals surface area contributed by atoms with Gasteiger partial charge in [0.05, 0.1) is 0 Å². The number of thioether (sulfide) groups is 1. The van der Waals surface area contributed by atoms with Crippen molar-refractivity contribution in [1.82, 2.24) is 20.6 Å². The van der Waals surface area contributed by atoms with E-state index in [-0.39, 0.29) is 0 Å². The molecule has 0 aliphatic rings. The van der Waals surface area contributed by atoms with E-state index in [1.807, 2.05) is 30.0 Å². The van der Waals surface area contributed by atoms with Gasteiger partial charge in [-0.05, 0) is 34.9 Å². The van der Waals surface area contributed by atoms with Gasteiger partial charge in [-0.25, -0.2) is 0 Å². The molecule has 118 valence electrons. The van der Waals surface area contributed by atoms with Gasteiger partial charge >= 0.3 is 0 Å². The van der Waals surface area contributed by atoms with Gasteiger partial charge in [0.2, 0.25) is 5.82 Å². The molecule has 0 aliphatic carbocycles. The standard InChI is InChI=1S/C17H18N4OS/c1-22-11-4-12-23-14-9-7-13(8-10-14)15-5-2-3-6-16(15)17-18-20-21-19-17/h2-3,5-10H,4,11-12H2,1H3,(H,18,19,20,21). The van der Waals surface area contributed by atoms with Crippen LogP contribution in [0, 0.1) is 0 Å². The van der Waals surface area contributed by atoms with Crippen LogP contribution in [0.2, 0.25) is 0 Å². The number of H-pyrrole nitrogens is 1. The Morgan fingerprint density at radius 3 is 2.52 bits per heavy atom. The summed E-state index contributed by atoms with van der Waals surface area (Å²) in [4.78, 5) is 1.27. The van der Waals surface area contributed by atoms with E-state index in [9.17, 15) is 0 Å². The number of tetrazole rings is 1. The van der Waals surface area contributed by atoms with Crippen molar-refractivity contribution in [2.75, 3.05) is 19.5 Å². The van der Waals surface area contributed by atoms with Crippen LogP contribution >= 0.6 is 11.8 Å². The molecule has 3 aromatic rings. The molecule has 23 heavy (non-hydrogen) atoms. The maximum absolute atomic E-state index is 5.07. The summed E-state index contributed by atoms with van der Waals surface area (Å²) in [6.45, 7) is 0.809. The molecule has 1 aromatic heterocycles. The van der Waals surface area contributed by atoms with E-state index in [2.05, 4.69) is 51.0 Å². The van der Waals surface area contributed by atoms with Crippen LogP contribution in [0.5, 0.6) is 0 Å². The monoisotopic (exact) mass is 326 g/mol. The van der Waals surface area contributed by atoms with Gasteiger partial charge in [-0.3, -0.25) is 0 Å². The molecular weight excluding hydrogens is 308 g/mol. The lowest BCUT2D eigenvalue weighted by molar-refractivity contribution is 0.200. The van der Waals surface area contributed by atoms with Gasteiger partial charge < -0.3 is 4.74 Å². The second kappa shape index (κ2) is 7.89. The summed E-state index contributed by atoms with van der Waals surface area (Å²) in [6, 6.07) is 16.7. The molecular formula is C17H18N4OS. The lowest BCUT2D eigenvalue weighted by Gasteiger charge is -2.08. The average Bonchev–Trinajstić information content (AvgIpc) is 3.14. The Bertz CT molecular complexity index is 729. The quantitative estimate of drug-likeness (QED) is 0.530. The first-order valence-electron chi connectivity index (χ1n) is 7.43. The van der Waals surface area contributed by atoms with E-state index in [0.29, 0.717) is 5.82 Å². The largest absolute Gasteiger partial charge is 0.385 e. The van der Waals surface area contributed by atoms with Crippen molar-refractivity contribution in [2.24, 2.45) is 0 Å². The number of nitrogens with zero attached hydrogens (tertiary/aromatic N) is 3. The van der Waals surface area contributed by atoms with Crippen LogP contribution in [0.15, 0.2) is 53.4 Å². The zero-order chi connectivity index (χ0) is 15.9. The smallest absolute Gasteiger partial charge is 0.205 e. The lowest BCUT2D eigenvalue weighted by atomic mass is 9.99. The number of aromatic amines is 1. The zero-order valence-corrected chi connectivity index (χ0v) is 13.7. The molecule has 1 heterocycles. The molecule has 5 nitrogen and oxygen atoms in total. The first kappa shape index (κ1) is 15.7. The molecule has 6 heteroatoms. The van der Waals surface area contributed by atoms with Crippen molar-refractivity contribution in [2.45, 2.75) is 11.3 Å². The number of benzene rings is 2. The van der Waals surface area contributed by atoms with Crippen molar-refractivity contribution in [3.63, 3.8) is 0 Å². The van der Waals surface area contributed by atoms with Gasteiger partial charge in [0.1, 0.15) is 0 Å². The molecule has 0 bridgehead atoms. The van der Waals surface area contributed by atoms with Gasteiger partial charge in [0, 0.05) is 29.9 Å². The van der Waals surface area contributed by atoms with Gasteiger partial charge in [0.15, 0.2) is 0 Å². The van der Waals surface area contributed by atoms with E-state index in [1.165, 1.54) is 4.90 Å². The van der Waals surface area contributed by atoms with Crippen LogP contribution in [-0.4, -0.2) is 40.1 Å². The molecule has 0 aliphatic heterocycles. The van der Waals surface area contributed by atoms with Crippen molar-refractivity contribution in [3.05, 3.63) is 48.5 Å². The van der Waals surface area contributed by atoms with Crippen molar-refractivity contribution in [3.8, 4) is 22.5 Å². The Labute approximate surface area is 139 Å². The van der Waals surface area contributed by atoms with Crippen LogP contribution in [0.4, 0.5) is 0 Å². The first-order chi connectivity index (χ1) is 11.4. The molecule has 0 amide bonds. The molecule has 1 N–H and O–H groups in total. The van der Waals surface area contributed by atoms with Gasteiger partial charge in [-0.15, -0.1) is 22.0 Å². The molecule has 0 atom stereocenters. The SMILES string of the molecule is COCCCSc1ccc(-c2ccccc2-c2nn[nH]n2)cc1. The minimum atomic E-state index is 0.610. The predicted molar refractivity (Wildman–Crippen MR) is 92.3 cm³/mol. The Kier molecular flexibility index (Phi) is 5.39. The van der Waals surface area contributed by atoms with Gasteiger partial charge in [-0.1, -0.05) is 36.4 Å². The molecule has 0 saturated carbocycles. The molecule has 0 radical (unpaired) electrons. The molecule has 3 rings (SSSR count). The van der Waals surface area contributed by atoms with Crippen molar-refractivity contribution in [1.29, 1.82) is 0 Å². The lowest BCUT2D eigenvalue weighted by Crippen LogP contribution is -1.90. The van der Waals surface area contributed by atoms with Crippen molar-refractivity contribution < 1.29 is 4.74 Å². The number of rotatable bonds is 7. The number of hydrogen-bond acceptors (Lipinski definition) is 5. The fourth-order valence-corrected chi connectivity index (χ4v) is 3.16.